The Morgan fingerprint density at radius 2 is 2.14 bits per heavy atom. The predicted molar refractivity (Wildman–Crippen MR) is 78.7 cm³/mol. The van der Waals surface area contributed by atoms with E-state index in [-0.39, 0.29) is 11.9 Å². The summed E-state index contributed by atoms with van der Waals surface area (Å²) in [7, 11) is 0. The second-order valence-electron chi connectivity index (χ2n) is 5.77. The van der Waals surface area contributed by atoms with Gasteiger partial charge in [0.15, 0.2) is 5.65 Å². The van der Waals surface area contributed by atoms with E-state index in [4.69, 9.17) is 0 Å². The van der Waals surface area contributed by atoms with E-state index in [0.29, 0.717) is 29.7 Å². The highest BCUT2D eigenvalue weighted by atomic mass is 16.4. The normalized spacial score (nSPS) is 21.2. The molecule has 7 heteroatoms. The maximum atomic E-state index is 12.5. The number of aromatic nitrogens is 3. The molecule has 0 spiro atoms. The number of aryl methyl sites for hydroxylation is 2. The largest absolute Gasteiger partial charge is 0.481 e. The highest BCUT2D eigenvalue weighted by Crippen LogP contribution is 2.26. The number of nitrogens with one attached hydrogen (secondary N) is 1. The molecule has 1 saturated carbocycles. The first kappa shape index (κ1) is 14.5. The molecule has 0 saturated heterocycles. The van der Waals surface area contributed by atoms with Crippen LogP contribution in [0.4, 0.5) is 0 Å². The molecule has 3 rings (SSSR count). The number of carbonyl (C=O) groups is 2. The summed E-state index contributed by atoms with van der Waals surface area (Å²) in [4.78, 5) is 27.9. The van der Waals surface area contributed by atoms with Crippen LogP contribution >= 0.6 is 0 Å². The molecule has 0 radical (unpaired) electrons. The fraction of sp³-hybridized carbons (Fsp3) is 0.467. The van der Waals surface area contributed by atoms with Crippen LogP contribution in [0.2, 0.25) is 0 Å². The number of carboxylic acids is 1. The lowest BCUT2D eigenvalue weighted by molar-refractivity contribution is -0.142. The number of hydrogen-bond acceptors (Lipinski definition) is 4. The number of carbonyl (C=O) groups excluding carboxylic acids is 1. The van der Waals surface area contributed by atoms with Gasteiger partial charge in [-0.2, -0.15) is 5.10 Å². The van der Waals surface area contributed by atoms with Gasteiger partial charge in [0.05, 0.1) is 22.9 Å². The van der Waals surface area contributed by atoms with E-state index < -0.39 is 11.9 Å². The second-order valence-corrected chi connectivity index (χ2v) is 5.77. The Hall–Kier alpha value is -2.44. The van der Waals surface area contributed by atoms with Crippen molar-refractivity contribution in [3.05, 3.63) is 29.2 Å². The number of rotatable bonds is 3. The zero-order valence-corrected chi connectivity index (χ0v) is 12.5. The zero-order chi connectivity index (χ0) is 15.9. The molecule has 1 aliphatic rings. The van der Waals surface area contributed by atoms with Gasteiger partial charge in [0.1, 0.15) is 0 Å². The average Bonchev–Trinajstić information content (AvgIpc) is 3.05. The van der Waals surface area contributed by atoms with Gasteiger partial charge in [-0.05, 0) is 26.7 Å². The van der Waals surface area contributed by atoms with E-state index >= 15 is 0 Å². The Labute approximate surface area is 127 Å². The maximum absolute atomic E-state index is 12.5. The standard InChI is InChI=1S/C15H18N4O3/c1-8-6-13-16-7-11(9(2)19(13)18-8)14(20)17-12-5-3-4-10(12)15(21)22/h6-7,10,12H,3-5H2,1-2H3,(H,17,20)(H,21,22)/t10-,12+/m0/s1. The first-order valence-corrected chi connectivity index (χ1v) is 7.33. The SMILES string of the molecule is Cc1cc2ncc(C(=O)N[C@@H]3CCC[C@@H]3C(=O)O)c(C)n2n1. The molecule has 1 aliphatic carbocycles. The van der Waals surface area contributed by atoms with Crippen LogP contribution in [0, 0.1) is 19.8 Å². The Morgan fingerprint density at radius 1 is 1.36 bits per heavy atom. The summed E-state index contributed by atoms with van der Waals surface area (Å²) in [6.45, 7) is 3.67. The number of fused-ring (bicyclic) bond motifs is 1. The number of hydrogen-bond donors (Lipinski definition) is 2. The highest BCUT2D eigenvalue weighted by molar-refractivity contribution is 5.95. The van der Waals surface area contributed by atoms with E-state index in [1.54, 1.807) is 11.4 Å². The summed E-state index contributed by atoms with van der Waals surface area (Å²) in [5.41, 5.74) is 2.64. The van der Waals surface area contributed by atoms with Gasteiger partial charge in [-0.15, -0.1) is 0 Å². The van der Waals surface area contributed by atoms with Gasteiger partial charge in [-0.1, -0.05) is 6.42 Å². The van der Waals surface area contributed by atoms with Crippen LogP contribution in [0.5, 0.6) is 0 Å². The summed E-state index contributed by atoms with van der Waals surface area (Å²) >= 11 is 0. The van der Waals surface area contributed by atoms with Crippen LogP contribution in [-0.4, -0.2) is 37.6 Å². The monoisotopic (exact) mass is 302 g/mol. The fourth-order valence-corrected chi connectivity index (χ4v) is 3.06. The fourth-order valence-electron chi connectivity index (χ4n) is 3.06. The third kappa shape index (κ3) is 2.43. The zero-order valence-electron chi connectivity index (χ0n) is 12.5. The Bertz CT molecular complexity index is 753. The van der Waals surface area contributed by atoms with E-state index in [2.05, 4.69) is 15.4 Å². The molecule has 2 N–H and O–H groups in total. The molecule has 1 fully saturated rings. The summed E-state index contributed by atoms with van der Waals surface area (Å²) in [6, 6.07) is 1.52. The Balaban J connectivity index is 1.86. The van der Waals surface area contributed by atoms with Crippen LogP contribution in [0.1, 0.15) is 41.0 Å². The lowest BCUT2D eigenvalue weighted by Gasteiger charge is -2.18. The van der Waals surface area contributed by atoms with Crippen LogP contribution in [-0.2, 0) is 4.79 Å². The van der Waals surface area contributed by atoms with Crippen molar-refractivity contribution in [3.63, 3.8) is 0 Å². The summed E-state index contributed by atoms with van der Waals surface area (Å²) in [5.74, 6) is -1.65. The predicted octanol–water partition coefficient (Wildman–Crippen LogP) is 1.33. The van der Waals surface area contributed by atoms with Crippen molar-refractivity contribution >= 4 is 17.5 Å². The van der Waals surface area contributed by atoms with Gasteiger partial charge in [-0.25, -0.2) is 9.50 Å². The van der Waals surface area contributed by atoms with Crippen molar-refractivity contribution in [2.24, 2.45) is 5.92 Å². The molecule has 2 aromatic heterocycles. The molecule has 1 amide bonds. The third-order valence-electron chi connectivity index (χ3n) is 4.24. The van der Waals surface area contributed by atoms with Gasteiger partial charge < -0.3 is 10.4 Å². The van der Waals surface area contributed by atoms with Gasteiger partial charge in [-0.3, -0.25) is 9.59 Å². The highest BCUT2D eigenvalue weighted by Gasteiger charge is 2.34. The first-order valence-electron chi connectivity index (χ1n) is 7.33. The summed E-state index contributed by atoms with van der Waals surface area (Å²) in [5, 5.41) is 16.3. The number of aliphatic carboxylic acids is 1. The maximum Gasteiger partial charge on any atom is 0.308 e. The molecule has 22 heavy (non-hydrogen) atoms. The number of amides is 1. The number of carboxylic acid groups (broad SMARTS) is 1. The quantitative estimate of drug-likeness (QED) is 0.891. The molecular formula is C15H18N4O3. The van der Waals surface area contributed by atoms with Gasteiger partial charge in [0.2, 0.25) is 0 Å². The smallest absolute Gasteiger partial charge is 0.308 e. The third-order valence-corrected chi connectivity index (χ3v) is 4.24. The minimum absolute atomic E-state index is 0.293. The molecule has 2 atom stereocenters. The van der Waals surface area contributed by atoms with Gasteiger partial charge in [0, 0.05) is 18.3 Å². The van der Waals surface area contributed by atoms with E-state index in [0.717, 1.165) is 12.1 Å². The molecule has 0 unspecified atom stereocenters. The molecule has 0 aromatic carbocycles. The van der Waals surface area contributed by atoms with E-state index in [9.17, 15) is 14.7 Å². The van der Waals surface area contributed by atoms with Crippen molar-refractivity contribution in [3.8, 4) is 0 Å². The summed E-state index contributed by atoms with van der Waals surface area (Å²) in [6.07, 6.45) is 3.63. The van der Waals surface area contributed by atoms with Crippen LogP contribution < -0.4 is 5.32 Å². The van der Waals surface area contributed by atoms with Crippen LogP contribution in [0.15, 0.2) is 12.3 Å². The van der Waals surface area contributed by atoms with Gasteiger partial charge >= 0.3 is 5.97 Å². The van der Waals surface area contributed by atoms with E-state index in [1.165, 1.54) is 6.20 Å². The van der Waals surface area contributed by atoms with Crippen molar-refractivity contribution in [2.45, 2.75) is 39.2 Å². The lowest BCUT2D eigenvalue weighted by Crippen LogP contribution is -2.40. The average molecular weight is 302 g/mol. The van der Waals surface area contributed by atoms with Crippen molar-refractivity contribution in [1.29, 1.82) is 0 Å². The minimum atomic E-state index is -0.851. The molecule has 2 aromatic rings. The van der Waals surface area contributed by atoms with Crippen molar-refractivity contribution < 1.29 is 14.7 Å². The van der Waals surface area contributed by atoms with Crippen LogP contribution in [0.25, 0.3) is 5.65 Å². The molecule has 0 aliphatic heterocycles. The van der Waals surface area contributed by atoms with E-state index in [1.807, 2.05) is 13.0 Å². The lowest BCUT2D eigenvalue weighted by atomic mass is 10.0. The molecule has 116 valence electrons. The topological polar surface area (TPSA) is 96.6 Å². The van der Waals surface area contributed by atoms with Crippen molar-refractivity contribution in [1.82, 2.24) is 19.9 Å². The molecule has 0 bridgehead atoms. The minimum Gasteiger partial charge on any atom is -0.481 e. The first-order chi connectivity index (χ1) is 10.5. The molecule has 7 nitrogen and oxygen atoms in total. The molecule has 2 heterocycles. The summed E-state index contributed by atoms with van der Waals surface area (Å²) < 4.78 is 1.63. The van der Waals surface area contributed by atoms with Gasteiger partial charge in [0.25, 0.3) is 5.91 Å². The molecular weight excluding hydrogens is 284 g/mol. The van der Waals surface area contributed by atoms with Crippen molar-refractivity contribution in [2.75, 3.05) is 0 Å². The Morgan fingerprint density at radius 3 is 2.86 bits per heavy atom. The number of nitrogens with zero attached hydrogens (tertiary/aromatic N) is 3. The Kier molecular flexibility index (Phi) is 3.56. The van der Waals surface area contributed by atoms with Crippen LogP contribution in [0.3, 0.4) is 0 Å². The second kappa shape index (κ2) is 5.40.